The van der Waals surface area contributed by atoms with Gasteiger partial charge in [-0.3, -0.25) is 0 Å². The lowest BCUT2D eigenvalue weighted by Gasteiger charge is -2.23. The fourth-order valence-electron chi connectivity index (χ4n) is 1.41. The van der Waals surface area contributed by atoms with Gasteiger partial charge in [-0.2, -0.15) is 0 Å². The number of hydrogen-bond acceptors (Lipinski definition) is 0. The van der Waals surface area contributed by atoms with Gasteiger partial charge in [-0.05, 0) is 45.7 Å². The molecule has 0 nitrogen and oxygen atoms in total. The standard InChI is InChI=1S/C9H16S/c1-9(2,10)8-6-4-3-5-7-8/h4,6,8,10H,3,5,7H2,1-2H3/p+1. The van der Waals surface area contributed by atoms with E-state index in [2.05, 4.69) is 38.6 Å². The summed E-state index contributed by atoms with van der Waals surface area (Å²) >= 11 is 3.74. The van der Waals surface area contributed by atoms with Gasteiger partial charge < -0.3 is 0 Å². The predicted octanol–water partition coefficient (Wildman–Crippen LogP) is 2.13. The van der Waals surface area contributed by atoms with Crippen LogP contribution in [0.3, 0.4) is 0 Å². The van der Waals surface area contributed by atoms with Crippen molar-refractivity contribution in [1.29, 1.82) is 0 Å². The van der Waals surface area contributed by atoms with Crippen LogP contribution in [0.4, 0.5) is 0 Å². The molecular weight excluding hydrogens is 140 g/mol. The Kier molecular flexibility index (Phi) is 2.45. The fraction of sp³-hybridized carbons (Fsp3) is 0.778. The summed E-state index contributed by atoms with van der Waals surface area (Å²) in [5.41, 5.74) is 0. The van der Waals surface area contributed by atoms with E-state index in [0.29, 0.717) is 0 Å². The second-order valence-corrected chi connectivity index (χ2v) is 4.98. The summed E-state index contributed by atoms with van der Waals surface area (Å²) in [6, 6.07) is 0. The van der Waals surface area contributed by atoms with Crippen molar-refractivity contribution in [1.82, 2.24) is 0 Å². The average molecular weight is 157 g/mol. The minimum absolute atomic E-state index is 0.289. The Morgan fingerprint density at radius 3 is 2.50 bits per heavy atom. The molecule has 0 aromatic rings. The summed E-state index contributed by atoms with van der Waals surface area (Å²) in [5, 5.41) is 0. The summed E-state index contributed by atoms with van der Waals surface area (Å²) in [4.78, 5) is 0. The minimum Gasteiger partial charge on any atom is -0.0881 e. The van der Waals surface area contributed by atoms with Crippen molar-refractivity contribution in [2.75, 3.05) is 0 Å². The first-order valence-corrected chi connectivity index (χ1v) is 4.52. The Morgan fingerprint density at radius 1 is 1.50 bits per heavy atom. The Labute approximate surface area is 69.1 Å². The Bertz CT molecular complexity index is 130. The molecule has 0 bridgehead atoms. The zero-order valence-corrected chi connectivity index (χ0v) is 7.85. The van der Waals surface area contributed by atoms with Crippen LogP contribution in [0.25, 0.3) is 0 Å². The molecule has 1 aliphatic carbocycles. The van der Waals surface area contributed by atoms with Crippen LogP contribution < -0.4 is 0 Å². The third-order valence-electron chi connectivity index (χ3n) is 2.18. The molecular formula is C9H17S+. The lowest BCUT2D eigenvalue weighted by Crippen LogP contribution is -2.27. The van der Waals surface area contributed by atoms with Crippen LogP contribution in [-0.4, -0.2) is 4.75 Å². The SMILES string of the molecule is CC(C)([SH2+])C1C=CCCC1. The smallest absolute Gasteiger partial charge is 0.0881 e. The van der Waals surface area contributed by atoms with Crippen molar-refractivity contribution in [3.8, 4) is 0 Å². The van der Waals surface area contributed by atoms with Gasteiger partial charge >= 0.3 is 0 Å². The lowest BCUT2D eigenvalue weighted by molar-refractivity contribution is 0.450. The molecule has 58 valence electrons. The van der Waals surface area contributed by atoms with Crippen LogP contribution in [-0.2, 0) is 12.6 Å². The van der Waals surface area contributed by atoms with E-state index in [1.807, 2.05) is 0 Å². The molecule has 0 aliphatic heterocycles. The zero-order valence-electron chi connectivity index (χ0n) is 6.85. The Hall–Kier alpha value is 0.0900. The molecule has 0 saturated heterocycles. The molecule has 1 heteroatoms. The predicted molar refractivity (Wildman–Crippen MR) is 50.7 cm³/mol. The molecule has 0 aromatic carbocycles. The van der Waals surface area contributed by atoms with E-state index in [1.165, 1.54) is 19.3 Å². The van der Waals surface area contributed by atoms with Crippen LogP contribution in [0.2, 0.25) is 0 Å². The van der Waals surface area contributed by atoms with E-state index in [-0.39, 0.29) is 4.75 Å². The third-order valence-corrected chi connectivity index (χ3v) is 2.55. The molecule has 1 rings (SSSR count). The van der Waals surface area contributed by atoms with E-state index in [1.54, 1.807) is 0 Å². The van der Waals surface area contributed by atoms with Crippen LogP contribution in [0.5, 0.6) is 0 Å². The molecule has 1 unspecified atom stereocenters. The van der Waals surface area contributed by atoms with Crippen molar-refractivity contribution in [3.63, 3.8) is 0 Å². The van der Waals surface area contributed by atoms with Gasteiger partial charge in [-0.1, -0.05) is 12.2 Å². The monoisotopic (exact) mass is 157 g/mol. The molecule has 0 aromatic heterocycles. The second kappa shape index (κ2) is 3.00. The highest BCUT2D eigenvalue weighted by Gasteiger charge is 2.29. The van der Waals surface area contributed by atoms with Gasteiger partial charge in [0, 0.05) is 5.92 Å². The highest BCUT2D eigenvalue weighted by atomic mass is 32.1. The topological polar surface area (TPSA) is 0 Å². The number of hydrogen-bond donors (Lipinski definition) is 0. The Balaban J connectivity index is 2.55. The van der Waals surface area contributed by atoms with Crippen LogP contribution in [0.15, 0.2) is 12.2 Å². The molecule has 0 fully saturated rings. The van der Waals surface area contributed by atoms with Gasteiger partial charge in [-0.15, -0.1) is 0 Å². The number of rotatable bonds is 1. The van der Waals surface area contributed by atoms with Crippen LogP contribution >= 0.6 is 0 Å². The molecule has 1 aliphatic rings. The summed E-state index contributed by atoms with van der Waals surface area (Å²) in [7, 11) is 0. The minimum atomic E-state index is 0.289. The maximum absolute atomic E-state index is 3.74. The van der Waals surface area contributed by atoms with Crippen molar-refractivity contribution in [3.05, 3.63) is 12.2 Å². The molecule has 1 atom stereocenters. The van der Waals surface area contributed by atoms with Crippen LogP contribution in [0, 0.1) is 5.92 Å². The highest BCUT2D eigenvalue weighted by Crippen LogP contribution is 2.27. The Morgan fingerprint density at radius 2 is 2.20 bits per heavy atom. The average Bonchev–Trinajstić information content (AvgIpc) is 1.88. The third kappa shape index (κ3) is 2.05. The van der Waals surface area contributed by atoms with Gasteiger partial charge in [0.25, 0.3) is 0 Å². The molecule has 0 N–H and O–H groups in total. The summed E-state index contributed by atoms with van der Waals surface area (Å²) < 4.78 is 0.289. The lowest BCUT2D eigenvalue weighted by atomic mass is 9.86. The molecule has 10 heavy (non-hydrogen) atoms. The molecule has 0 amide bonds. The first-order chi connectivity index (χ1) is 4.61. The molecule has 0 spiro atoms. The van der Waals surface area contributed by atoms with E-state index in [4.69, 9.17) is 0 Å². The molecule has 0 heterocycles. The first kappa shape index (κ1) is 8.19. The summed E-state index contributed by atoms with van der Waals surface area (Å²) in [6.45, 7) is 4.48. The van der Waals surface area contributed by atoms with Gasteiger partial charge in [0.2, 0.25) is 0 Å². The summed E-state index contributed by atoms with van der Waals surface area (Å²) in [6.07, 6.45) is 8.62. The highest BCUT2D eigenvalue weighted by molar-refractivity contribution is 7.60. The van der Waals surface area contributed by atoms with Crippen molar-refractivity contribution >= 4 is 12.6 Å². The van der Waals surface area contributed by atoms with E-state index >= 15 is 0 Å². The normalized spacial score (nSPS) is 26.9. The van der Waals surface area contributed by atoms with Crippen molar-refractivity contribution in [2.45, 2.75) is 37.9 Å². The fourth-order valence-corrected chi connectivity index (χ4v) is 1.65. The van der Waals surface area contributed by atoms with E-state index < -0.39 is 0 Å². The first-order valence-electron chi connectivity index (χ1n) is 4.02. The second-order valence-electron chi connectivity index (χ2n) is 3.69. The van der Waals surface area contributed by atoms with E-state index in [0.717, 1.165) is 5.92 Å². The summed E-state index contributed by atoms with van der Waals surface area (Å²) in [5.74, 6) is 0.734. The van der Waals surface area contributed by atoms with Crippen molar-refractivity contribution < 1.29 is 0 Å². The molecule has 0 saturated carbocycles. The maximum Gasteiger partial charge on any atom is 0.124 e. The van der Waals surface area contributed by atoms with E-state index in [9.17, 15) is 0 Å². The van der Waals surface area contributed by atoms with Gasteiger partial charge in [-0.25, -0.2) is 0 Å². The quantitative estimate of drug-likeness (QED) is 0.404. The largest absolute Gasteiger partial charge is 0.124 e. The molecule has 0 radical (unpaired) electrons. The maximum atomic E-state index is 3.74. The van der Waals surface area contributed by atoms with Crippen LogP contribution in [0.1, 0.15) is 33.1 Å². The van der Waals surface area contributed by atoms with Crippen molar-refractivity contribution in [2.24, 2.45) is 5.92 Å². The van der Waals surface area contributed by atoms with Gasteiger partial charge in [0.1, 0.15) is 4.75 Å². The van der Waals surface area contributed by atoms with Gasteiger partial charge in [0.15, 0.2) is 0 Å². The van der Waals surface area contributed by atoms with Gasteiger partial charge in [0.05, 0.1) is 0 Å². The number of allylic oxidation sites excluding steroid dienone is 2. The zero-order chi connectivity index (χ0) is 7.61.